The molecule has 7 nitrogen and oxygen atoms in total. The predicted molar refractivity (Wildman–Crippen MR) is 220 cm³/mol. The first kappa shape index (κ1) is 42.1. The minimum atomic E-state index is -1.32. The Morgan fingerprint density at radius 2 is 1.49 bits per heavy atom. The highest BCUT2D eigenvalue weighted by molar-refractivity contribution is 6.06. The van der Waals surface area contributed by atoms with Gasteiger partial charge in [0, 0.05) is 6.54 Å². The van der Waals surface area contributed by atoms with Crippen molar-refractivity contribution >= 4 is 17.8 Å². The number of unbranched alkanes of at least 4 members (excludes halogenated alkanes) is 5. The van der Waals surface area contributed by atoms with E-state index in [4.69, 9.17) is 5.73 Å². The number of imide groups is 1. The summed E-state index contributed by atoms with van der Waals surface area (Å²) in [5, 5.41) is 21.7. The zero-order valence-corrected chi connectivity index (χ0v) is 35.2. The van der Waals surface area contributed by atoms with Crippen LogP contribution >= 0.6 is 0 Å². The van der Waals surface area contributed by atoms with Crippen LogP contribution in [0.3, 0.4) is 0 Å². The van der Waals surface area contributed by atoms with Crippen LogP contribution in [0.5, 0.6) is 0 Å². The van der Waals surface area contributed by atoms with Gasteiger partial charge in [-0.15, -0.1) is 0 Å². The van der Waals surface area contributed by atoms with Crippen LogP contribution in [-0.2, 0) is 20.8 Å². The first-order chi connectivity index (χ1) is 26.0. The number of carbonyl (C=O) groups excluding carboxylic acids is 2. The number of nitrogens with zero attached hydrogens (tertiary/aromatic N) is 1. The molecule has 5 aliphatic carbocycles. The molecular weight excluding hydrogens is 685 g/mol. The molecule has 0 radical (unpaired) electrons. The molecule has 11 atom stereocenters. The fourth-order valence-electron chi connectivity index (χ4n) is 14.5. The number of aliphatic hydroxyl groups is 1. The fraction of sp³-hybridized carbons (Fsp3) is 0.771. The third-order valence-electron chi connectivity index (χ3n) is 17.7. The number of carbonyl (C=O) groups is 3. The minimum absolute atomic E-state index is 0.0197. The van der Waals surface area contributed by atoms with Gasteiger partial charge in [-0.1, -0.05) is 103 Å². The second kappa shape index (κ2) is 16.0. The Balaban J connectivity index is 1.34. The van der Waals surface area contributed by atoms with Gasteiger partial charge in [-0.25, -0.2) is 0 Å². The van der Waals surface area contributed by atoms with Gasteiger partial charge in [0.25, 0.3) is 0 Å². The van der Waals surface area contributed by atoms with E-state index in [1.165, 1.54) is 4.90 Å². The van der Waals surface area contributed by atoms with E-state index in [0.29, 0.717) is 30.7 Å². The van der Waals surface area contributed by atoms with Crippen LogP contribution in [0.4, 0.5) is 0 Å². The number of aliphatic hydroxyl groups excluding tert-OH is 1. The third kappa shape index (κ3) is 7.08. The zero-order valence-electron chi connectivity index (χ0n) is 35.2. The first-order valence-corrected chi connectivity index (χ1v) is 22.2. The summed E-state index contributed by atoms with van der Waals surface area (Å²) in [6, 6.07) is 9.35. The van der Waals surface area contributed by atoms with E-state index >= 15 is 4.79 Å². The lowest BCUT2D eigenvalue weighted by molar-refractivity contribution is -0.247. The fourth-order valence-corrected chi connectivity index (χ4v) is 14.5. The minimum Gasteiger partial charge on any atom is -0.481 e. The molecule has 0 saturated heterocycles. The highest BCUT2D eigenvalue weighted by Gasteiger charge is 2.72. The second-order valence-corrected chi connectivity index (χ2v) is 20.5. The first-order valence-electron chi connectivity index (χ1n) is 22.2. The van der Waals surface area contributed by atoms with Crippen LogP contribution in [0.2, 0.25) is 0 Å². The number of hydrogen-bond acceptors (Lipinski definition) is 5. The molecule has 1 aromatic rings. The SMILES string of the molecule is C=C(C)[C@@H]1CC[C@]2(C(=O)N(CCCCCCCCN)C(=O)[C@@H](Cc3ccccc3)C(=O)O)CC[C@]3(C)[C@H](CCC4[C@@]5(C)CC[C@H](O)C(C)(C)[C@@H]5CC[C@]43C)[C@@H]12. The van der Waals surface area contributed by atoms with Crippen molar-refractivity contribution in [2.75, 3.05) is 13.1 Å². The molecule has 306 valence electrons. The maximum Gasteiger partial charge on any atom is 0.316 e. The molecule has 7 heteroatoms. The van der Waals surface area contributed by atoms with Crippen LogP contribution in [0, 0.1) is 62.6 Å². The maximum atomic E-state index is 15.6. The molecule has 0 heterocycles. The summed E-state index contributed by atoms with van der Waals surface area (Å²) in [5.74, 6) is -1.51. The van der Waals surface area contributed by atoms with Crippen molar-refractivity contribution in [1.29, 1.82) is 0 Å². The summed E-state index contributed by atoms with van der Waals surface area (Å²) in [5.41, 5.74) is 7.10. The van der Waals surface area contributed by atoms with Gasteiger partial charge in [0.05, 0.1) is 11.5 Å². The van der Waals surface area contributed by atoms with Crippen LogP contribution < -0.4 is 5.73 Å². The smallest absolute Gasteiger partial charge is 0.316 e. The molecule has 5 saturated carbocycles. The third-order valence-corrected chi connectivity index (χ3v) is 17.7. The van der Waals surface area contributed by atoms with E-state index in [1.807, 2.05) is 30.3 Å². The lowest BCUT2D eigenvalue weighted by atomic mass is 9.32. The van der Waals surface area contributed by atoms with E-state index in [0.717, 1.165) is 107 Å². The lowest BCUT2D eigenvalue weighted by Gasteiger charge is -2.72. The Morgan fingerprint density at radius 1 is 0.818 bits per heavy atom. The molecule has 0 bridgehead atoms. The molecule has 5 aliphatic rings. The molecule has 0 spiro atoms. The highest BCUT2D eigenvalue weighted by Crippen LogP contribution is 2.77. The van der Waals surface area contributed by atoms with E-state index < -0.39 is 23.2 Å². The summed E-state index contributed by atoms with van der Waals surface area (Å²) >= 11 is 0. The van der Waals surface area contributed by atoms with E-state index in [1.54, 1.807) is 0 Å². The average molecular weight is 759 g/mol. The average Bonchev–Trinajstić information content (AvgIpc) is 3.55. The number of nitrogens with two attached hydrogens (primary N) is 1. The molecular formula is C48H74N2O5. The Hall–Kier alpha value is -2.51. The molecule has 1 aromatic carbocycles. The number of benzene rings is 1. The van der Waals surface area contributed by atoms with Gasteiger partial charge in [0.1, 0.15) is 5.92 Å². The number of carboxylic acid groups (broad SMARTS) is 1. The molecule has 2 amide bonds. The van der Waals surface area contributed by atoms with Crippen molar-refractivity contribution in [3.05, 3.63) is 48.0 Å². The van der Waals surface area contributed by atoms with Gasteiger partial charge in [0.2, 0.25) is 11.8 Å². The van der Waals surface area contributed by atoms with Crippen LogP contribution in [0.1, 0.15) is 150 Å². The molecule has 4 N–H and O–H groups in total. The van der Waals surface area contributed by atoms with Gasteiger partial charge in [0.15, 0.2) is 0 Å². The molecule has 6 rings (SSSR count). The van der Waals surface area contributed by atoms with Crippen LogP contribution in [-0.4, -0.2) is 52.1 Å². The van der Waals surface area contributed by atoms with E-state index in [2.05, 4.69) is 48.1 Å². The summed E-state index contributed by atoms with van der Waals surface area (Å²) in [7, 11) is 0. The normalized spacial score (nSPS) is 38.1. The predicted octanol–water partition coefficient (Wildman–Crippen LogP) is 9.60. The molecule has 1 unspecified atom stereocenters. The van der Waals surface area contributed by atoms with Crippen LogP contribution in [0.25, 0.3) is 0 Å². The monoisotopic (exact) mass is 759 g/mol. The van der Waals surface area contributed by atoms with Crippen molar-refractivity contribution in [2.45, 2.75) is 157 Å². The van der Waals surface area contributed by atoms with Crippen LogP contribution in [0.15, 0.2) is 42.5 Å². The van der Waals surface area contributed by atoms with Crippen molar-refractivity contribution in [3.8, 4) is 0 Å². The van der Waals surface area contributed by atoms with Gasteiger partial charge in [-0.05, 0) is 154 Å². The van der Waals surface area contributed by atoms with Crippen molar-refractivity contribution in [1.82, 2.24) is 4.90 Å². The number of amides is 2. The number of aliphatic carboxylic acids is 1. The van der Waals surface area contributed by atoms with Gasteiger partial charge < -0.3 is 15.9 Å². The number of carboxylic acids is 1. The Labute approximate surface area is 332 Å². The Morgan fingerprint density at radius 3 is 2.15 bits per heavy atom. The van der Waals surface area contributed by atoms with Gasteiger partial charge in [-0.2, -0.15) is 0 Å². The van der Waals surface area contributed by atoms with Gasteiger partial charge >= 0.3 is 5.97 Å². The number of allylic oxidation sites excluding steroid dienone is 1. The highest BCUT2D eigenvalue weighted by atomic mass is 16.4. The number of hydrogen-bond donors (Lipinski definition) is 3. The van der Waals surface area contributed by atoms with E-state index in [-0.39, 0.29) is 58.5 Å². The maximum absolute atomic E-state index is 15.6. The summed E-state index contributed by atoms with van der Waals surface area (Å²) in [6.07, 6.45) is 15.2. The standard InChI is InChI=1S/C48H74N2O5/c1-32(2)34-21-26-48(43(55)50(30-16-11-9-8-10-15-29-49)41(52)35(42(53)54)31-33-17-13-12-14-18-33)28-27-46(6)36(40(34)48)19-20-38-45(5)24-23-39(51)44(3,4)37(45)22-25-47(38,46)7/h12-14,17-18,34-40,51H,1,8-11,15-16,19-31,49H2,2-7H3,(H,53,54)/t34-,35+,36+,37-,38?,39-,40+,45-,46+,47+,48-/m0/s1. The Bertz CT molecular complexity index is 1570. The number of rotatable bonds is 14. The topological polar surface area (TPSA) is 121 Å². The van der Waals surface area contributed by atoms with Crippen molar-refractivity contribution < 1.29 is 24.6 Å². The molecule has 5 fully saturated rings. The largest absolute Gasteiger partial charge is 0.481 e. The molecule has 0 aliphatic heterocycles. The van der Waals surface area contributed by atoms with Crippen molar-refractivity contribution in [2.24, 2.45) is 68.3 Å². The summed E-state index contributed by atoms with van der Waals surface area (Å²) < 4.78 is 0. The Kier molecular flexibility index (Phi) is 12.3. The van der Waals surface area contributed by atoms with E-state index in [9.17, 15) is 19.8 Å². The number of fused-ring (bicyclic) bond motifs is 7. The molecule has 55 heavy (non-hydrogen) atoms. The zero-order chi connectivity index (χ0) is 40.0. The summed E-state index contributed by atoms with van der Waals surface area (Å²) in [6.45, 7) is 19.9. The summed E-state index contributed by atoms with van der Waals surface area (Å²) in [4.78, 5) is 44.6. The van der Waals surface area contributed by atoms with Crippen molar-refractivity contribution in [3.63, 3.8) is 0 Å². The molecule has 0 aromatic heterocycles. The quantitative estimate of drug-likeness (QED) is 0.0988. The lowest BCUT2D eigenvalue weighted by Crippen LogP contribution is -2.67. The second-order valence-electron chi connectivity index (χ2n) is 20.5. The van der Waals surface area contributed by atoms with Gasteiger partial charge in [-0.3, -0.25) is 19.3 Å².